The minimum absolute atomic E-state index is 0.475. The molecule has 3 heterocycles. The molecule has 4 aromatic rings. The third-order valence-corrected chi connectivity index (χ3v) is 6.09. The van der Waals surface area contributed by atoms with Crippen molar-refractivity contribution in [2.24, 2.45) is 0 Å². The lowest BCUT2D eigenvalue weighted by Gasteiger charge is -2.33. The van der Waals surface area contributed by atoms with Crippen molar-refractivity contribution in [1.82, 2.24) is 19.7 Å². The van der Waals surface area contributed by atoms with Crippen molar-refractivity contribution in [3.05, 3.63) is 72.2 Å². The highest BCUT2D eigenvalue weighted by molar-refractivity contribution is 5.86. The minimum atomic E-state index is 0.475. The van der Waals surface area contributed by atoms with Gasteiger partial charge in [-0.3, -0.25) is 0 Å². The van der Waals surface area contributed by atoms with E-state index in [1.165, 1.54) is 11.3 Å². The SMILES string of the molecule is COc1ccc(Cn2ncc3c(N4CCC(Nc5cccc(C)c5)CC4)ncnc32)cc1. The second kappa shape index (κ2) is 8.86. The summed E-state index contributed by atoms with van der Waals surface area (Å²) < 4.78 is 7.19. The summed E-state index contributed by atoms with van der Waals surface area (Å²) in [6.07, 6.45) is 5.69. The molecule has 1 fully saturated rings. The highest BCUT2D eigenvalue weighted by Crippen LogP contribution is 2.27. The first-order valence-corrected chi connectivity index (χ1v) is 11.1. The van der Waals surface area contributed by atoms with Crippen LogP contribution in [0.15, 0.2) is 61.1 Å². The molecule has 0 aliphatic carbocycles. The Balaban J connectivity index is 1.29. The molecule has 0 unspecified atom stereocenters. The summed E-state index contributed by atoms with van der Waals surface area (Å²) in [7, 11) is 1.68. The number of hydrogen-bond donors (Lipinski definition) is 1. The Bertz CT molecular complexity index is 1190. The fourth-order valence-corrected chi connectivity index (χ4v) is 4.36. The van der Waals surface area contributed by atoms with Gasteiger partial charge in [-0.2, -0.15) is 5.10 Å². The number of aryl methyl sites for hydroxylation is 1. The standard InChI is InChI=1S/C25H28N6O/c1-18-4-3-5-21(14-18)29-20-10-12-30(13-11-20)24-23-15-28-31(25(23)27-17-26-24)16-19-6-8-22(32-2)9-7-19/h3-9,14-15,17,20,29H,10-13,16H2,1-2H3. The maximum Gasteiger partial charge on any atom is 0.163 e. The van der Waals surface area contributed by atoms with E-state index in [-0.39, 0.29) is 0 Å². The molecule has 0 bridgehead atoms. The predicted molar refractivity (Wildman–Crippen MR) is 127 cm³/mol. The number of aromatic nitrogens is 4. The lowest BCUT2D eigenvalue weighted by molar-refractivity contribution is 0.414. The number of rotatable bonds is 6. The number of piperidine rings is 1. The Hall–Kier alpha value is -3.61. The number of fused-ring (bicyclic) bond motifs is 1. The zero-order valence-electron chi connectivity index (χ0n) is 18.5. The maximum atomic E-state index is 5.25. The molecule has 1 saturated heterocycles. The first kappa shape index (κ1) is 20.3. The van der Waals surface area contributed by atoms with E-state index in [0.717, 1.165) is 54.1 Å². The number of nitrogens with zero attached hydrogens (tertiary/aromatic N) is 5. The highest BCUT2D eigenvalue weighted by atomic mass is 16.5. The summed E-state index contributed by atoms with van der Waals surface area (Å²) in [6.45, 7) is 4.70. The van der Waals surface area contributed by atoms with Gasteiger partial charge in [0, 0.05) is 24.8 Å². The van der Waals surface area contributed by atoms with E-state index < -0.39 is 0 Å². The van der Waals surface area contributed by atoms with Crippen LogP contribution in [0.5, 0.6) is 5.75 Å². The minimum Gasteiger partial charge on any atom is -0.497 e. The van der Waals surface area contributed by atoms with E-state index in [9.17, 15) is 0 Å². The second-order valence-electron chi connectivity index (χ2n) is 8.36. The van der Waals surface area contributed by atoms with E-state index in [1.54, 1.807) is 13.4 Å². The van der Waals surface area contributed by atoms with Crippen LogP contribution in [-0.2, 0) is 6.54 Å². The van der Waals surface area contributed by atoms with Crippen LogP contribution >= 0.6 is 0 Å². The zero-order chi connectivity index (χ0) is 21.9. The fourth-order valence-electron chi connectivity index (χ4n) is 4.36. The van der Waals surface area contributed by atoms with Gasteiger partial charge < -0.3 is 15.0 Å². The van der Waals surface area contributed by atoms with Crippen molar-refractivity contribution in [2.45, 2.75) is 32.4 Å². The summed E-state index contributed by atoms with van der Waals surface area (Å²) >= 11 is 0. The summed E-state index contributed by atoms with van der Waals surface area (Å²) in [5.74, 6) is 1.83. The molecule has 2 aromatic carbocycles. The molecule has 0 amide bonds. The number of anilines is 2. The van der Waals surface area contributed by atoms with E-state index >= 15 is 0 Å². The average Bonchev–Trinajstić information content (AvgIpc) is 3.23. The topological polar surface area (TPSA) is 68.1 Å². The Morgan fingerprint density at radius 3 is 2.62 bits per heavy atom. The third kappa shape index (κ3) is 4.23. The van der Waals surface area contributed by atoms with Gasteiger partial charge in [-0.15, -0.1) is 0 Å². The summed E-state index contributed by atoms with van der Waals surface area (Å²) in [4.78, 5) is 11.5. The van der Waals surface area contributed by atoms with Crippen LogP contribution in [-0.4, -0.2) is 46.0 Å². The van der Waals surface area contributed by atoms with Gasteiger partial charge in [0.1, 0.15) is 17.9 Å². The summed E-state index contributed by atoms with van der Waals surface area (Å²) in [5.41, 5.74) is 4.50. The Kier molecular flexibility index (Phi) is 5.62. The zero-order valence-corrected chi connectivity index (χ0v) is 18.5. The molecule has 5 rings (SSSR count). The van der Waals surface area contributed by atoms with E-state index in [2.05, 4.69) is 68.6 Å². The Morgan fingerprint density at radius 2 is 1.88 bits per heavy atom. The van der Waals surface area contributed by atoms with Gasteiger partial charge in [0.2, 0.25) is 0 Å². The molecule has 1 aliphatic heterocycles. The molecule has 7 heteroatoms. The molecule has 0 saturated carbocycles. The van der Waals surface area contributed by atoms with Crippen LogP contribution in [0, 0.1) is 6.92 Å². The average molecular weight is 429 g/mol. The van der Waals surface area contributed by atoms with Gasteiger partial charge in [-0.05, 0) is 55.2 Å². The van der Waals surface area contributed by atoms with Gasteiger partial charge >= 0.3 is 0 Å². The molecule has 7 nitrogen and oxygen atoms in total. The van der Waals surface area contributed by atoms with Crippen LogP contribution in [0.3, 0.4) is 0 Å². The first-order valence-electron chi connectivity index (χ1n) is 11.1. The van der Waals surface area contributed by atoms with Crippen molar-refractivity contribution in [1.29, 1.82) is 0 Å². The van der Waals surface area contributed by atoms with Gasteiger partial charge in [0.05, 0.1) is 25.2 Å². The molecule has 164 valence electrons. The van der Waals surface area contributed by atoms with Crippen LogP contribution in [0.2, 0.25) is 0 Å². The second-order valence-corrected chi connectivity index (χ2v) is 8.36. The molecule has 1 N–H and O–H groups in total. The molecule has 2 aromatic heterocycles. The quantitative estimate of drug-likeness (QED) is 0.495. The van der Waals surface area contributed by atoms with Crippen LogP contribution < -0.4 is 15.0 Å². The van der Waals surface area contributed by atoms with Crippen LogP contribution in [0.4, 0.5) is 11.5 Å². The number of nitrogens with one attached hydrogen (secondary N) is 1. The molecule has 0 spiro atoms. The number of ether oxygens (including phenoxy) is 1. The lowest BCUT2D eigenvalue weighted by Crippen LogP contribution is -2.39. The number of hydrogen-bond acceptors (Lipinski definition) is 6. The van der Waals surface area contributed by atoms with Crippen molar-refractivity contribution < 1.29 is 4.74 Å². The molecule has 1 aliphatic rings. The van der Waals surface area contributed by atoms with Crippen molar-refractivity contribution >= 4 is 22.5 Å². The highest BCUT2D eigenvalue weighted by Gasteiger charge is 2.22. The third-order valence-electron chi connectivity index (χ3n) is 6.09. The summed E-state index contributed by atoms with van der Waals surface area (Å²) in [5, 5.41) is 9.30. The van der Waals surface area contributed by atoms with Gasteiger partial charge in [-0.1, -0.05) is 24.3 Å². The van der Waals surface area contributed by atoms with E-state index in [4.69, 9.17) is 4.74 Å². The van der Waals surface area contributed by atoms with Gasteiger partial charge in [-0.25, -0.2) is 14.6 Å². The van der Waals surface area contributed by atoms with Crippen molar-refractivity contribution in [2.75, 3.05) is 30.4 Å². The van der Waals surface area contributed by atoms with Crippen molar-refractivity contribution in [3.8, 4) is 5.75 Å². The summed E-state index contributed by atoms with van der Waals surface area (Å²) in [6, 6.07) is 17.1. The lowest BCUT2D eigenvalue weighted by atomic mass is 10.0. The molecule has 32 heavy (non-hydrogen) atoms. The molecule has 0 atom stereocenters. The normalized spacial score (nSPS) is 14.6. The first-order chi connectivity index (χ1) is 15.7. The molecular weight excluding hydrogens is 400 g/mol. The maximum absolute atomic E-state index is 5.25. The van der Waals surface area contributed by atoms with Crippen LogP contribution in [0.1, 0.15) is 24.0 Å². The Labute approximate surface area is 188 Å². The number of methoxy groups -OCH3 is 1. The number of benzene rings is 2. The van der Waals surface area contributed by atoms with Crippen LogP contribution in [0.25, 0.3) is 11.0 Å². The predicted octanol–water partition coefficient (Wildman–Crippen LogP) is 4.27. The van der Waals surface area contributed by atoms with E-state index in [0.29, 0.717) is 12.6 Å². The van der Waals surface area contributed by atoms with Gasteiger partial charge in [0.15, 0.2) is 5.65 Å². The van der Waals surface area contributed by atoms with Gasteiger partial charge in [0.25, 0.3) is 0 Å². The fraction of sp³-hybridized carbons (Fsp3) is 0.320. The largest absolute Gasteiger partial charge is 0.497 e. The molecule has 0 radical (unpaired) electrons. The van der Waals surface area contributed by atoms with E-state index in [1.807, 2.05) is 23.0 Å². The monoisotopic (exact) mass is 428 g/mol. The van der Waals surface area contributed by atoms with Crippen molar-refractivity contribution in [3.63, 3.8) is 0 Å². The Morgan fingerprint density at radius 1 is 1.06 bits per heavy atom. The molecular formula is C25H28N6O. The smallest absolute Gasteiger partial charge is 0.163 e.